The van der Waals surface area contributed by atoms with Crippen molar-refractivity contribution in [3.63, 3.8) is 0 Å². The van der Waals surface area contributed by atoms with Crippen LogP contribution in [0.15, 0.2) is 72.8 Å². The molecule has 0 aromatic heterocycles. The predicted molar refractivity (Wildman–Crippen MR) is 93.6 cm³/mol. The summed E-state index contributed by atoms with van der Waals surface area (Å²) in [6, 6.07) is 26.3. The summed E-state index contributed by atoms with van der Waals surface area (Å²) in [5.74, 6) is 0. The molecule has 0 bridgehead atoms. The van der Waals surface area contributed by atoms with Gasteiger partial charge in [-0.15, -0.1) is 81.2 Å². The minimum atomic E-state index is -0.826. The van der Waals surface area contributed by atoms with Gasteiger partial charge in [0.2, 0.25) is 0 Å². The third kappa shape index (κ3) is 3.71. The van der Waals surface area contributed by atoms with Crippen LogP contribution < -0.4 is 0 Å². The summed E-state index contributed by atoms with van der Waals surface area (Å²) in [5.41, 5.74) is 2.80. The summed E-state index contributed by atoms with van der Waals surface area (Å²) in [4.78, 5) is 0. The Morgan fingerprint density at radius 3 is 1.55 bits per heavy atom. The zero-order chi connectivity index (χ0) is 15.4. The Morgan fingerprint density at radius 2 is 1.14 bits per heavy atom. The standard InChI is InChI=1S/C19H14.2ClH.Zr/c1-2-6-17-11-14(10-16(17)5-1)9-15-12-18-7-3-4-8-19(18)13-15;;;/h1-8,10-13H,9H2;2*1H;/q-2;;;+4/p-2. The van der Waals surface area contributed by atoms with Crippen molar-refractivity contribution in [2.75, 3.05) is 0 Å². The van der Waals surface area contributed by atoms with Crippen LogP contribution in [0.4, 0.5) is 0 Å². The Bertz CT molecular complexity index is 735. The van der Waals surface area contributed by atoms with Crippen LogP contribution in [0.2, 0.25) is 0 Å². The maximum absolute atomic E-state index is 4.93. The monoisotopic (exact) mass is 402 g/mol. The van der Waals surface area contributed by atoms with Gasteiger partial charge in [-0.2, -0.15) is 12.1 Å². The topological polar surface area (TPSA) is 0 Å². The van der Waals surface area contributed by atoms with Crippen molar-refractivity contribution >= 4 is 38.6 Å². The smallest absolute Gasteiger partial charge is 0.0383 e. The van der Waals surface area contributed by atoms with E-state index in [1.165, 1.54) is 32.7 Å². The molecule has 0 nitrogen and oxygen atoms in total. The van der Waals surface area contributed by atoms with Gasteiger partial charge in [0, 0.05) is 0 Å². The molecular weight excluding hydrogens is 390 g/mol. The van der Waals surface area contributed by atoms with Crippen LogP contribution in [0, 0.1) is 0 Å². The summed E-state index contributed by atoms with van der Waals surface area (Å²) in [6.45, 7) is 0. The quantitative estimate of drug-likeness (QED) is 0.339. The normalized spacial score (nSPS) is 10.3. The molecule has 22 heavy (non-hydrogen) atoms. The van der Waals surface area contributed by atoms with Crippen LogP contribution in [-0.4, -0.2) is 0 Å². The van der Waals surface area contributed by atoms with Gasteiger partial charge in [0.1, 0.15) is 0 Å². The molecule has 0 aliphatic rings. The average Bonchev–Trinajstić information content (AvgIpc) is 3.10. The molecule has 0 aliphatic carbocycles. The summed E-state index contributed by atoms with van der Waals surface area (Å²) < 4.78 is 0. The van der Waals surface area contributed by atoms with Gasteiger partial charge < -0.3 is 0 Å². The van der Waals surface area contributed by atoms with Crippen molar-refractivity contribution in [2.24, 2.45) is 0 Å². The van der Waals surface area contributed by atoms with Crippen LogP contribution in [0.25, 0.3) is 21.5 Å². The number of hydrogen-bond acceptors (Lipinski definition) is 0. The summed E-state index contributed by atoms with van der Waals surface area (Å²) in [7, 11) is 9.87. The Hall–Kier alpha value is -0.877. The minimum Gasteiger partial charge on any atom is -0.165 e. The second kappa shape index (κ2) is 7.60. The van der Waals surface area contributed by atoms with Crippen molar-refractivity contribution in [2.45, 2.75) is 6.42 Å². The minimum absolute atomic E-state index is 0.826. The summed E-state index contributed by atoms with van der Waals surface area (Å²) >= 11 is -0.826. The molecule has 0 atom stereocenters. The van der Waals surface area contributed by atoms with Crippen LogP contribution in [0.3, 0.4) is 0 Å². The fraction of sp³-hybridized carbons (Fsp3) is 0.0526. The molecule has 0 spiro atoms. The summed E-state index contributed by atoms with van der Waals surface area (Å²) in [6.07, 6.45) is 1.02. The van der Waals surface area contributed by atoms with Crippen LogP contribution in [-0.2, 0) is 27.3 Å². The van der Waals surface area contributed by atoms with E-state index >= 15 is 0 Å². The Balaban J connectivity index is 0.000000446. The third-order valence-electron chi connectivity index (χ3n) is 3.76. The number of halogens is 2. The molecule has 0 unspecified atom stereocenters. The molecular formula is C19H14Cl2Zr. The molecule has 0 N–H and O–H groups in total. The first kappa shape index (κ1) is 16.0. The van der Waals surface area contributed by atoms with E-state index in [1.807, 2.05) is 0 Å². The van der Waals surface area contributed by atoms with Crippen molar-refractivity contribution < 1.29 is 20.8 Å². The third-order valence-corrected chi connectivity index (χ3v) is 3.76. The van der Waals surface area contributed by atoms with Crippen molar-refractivity contribution in [1.82, 2.24) is 0 Å². The second-order valence-corrected chi connectivity index (χ2v) is 8.96. The van der Waals surface area contributed by atoms with Gasteiger partial charge in [-0.05, 0) is 6.42 Å². The zero-order valence-electron chi connectivity index (χ0n) is 11.9. The zero-order valence-corrected chi connectivity index (χ0v) is 15.9. The molecule has 0 heterocycles. The molecule has 4 aromatic carbocycles. The predicted octanol–water partition coefficient (Wildman–Crippen LogP) is 6.40. The van der Waals surface area contributed by atoms with E-state index in [0.717, 1.165) is 6.42 Å². The largest absolute Gasteiger partial charge is 0.165 e. The number of fused-ring (bicyclic) bond motifs is 2. The van der Waals surface area contributed by atoms with Gasteiger partial charge in [-0.3, -0.25) is 0 Å². The Labute approximate surface area is 149 Å². The molecule has 0 radical (unpaired) electrons. The number of hydrogen-bond donors (Lipinski definition) is 0. The van der Waals surface area contributed by atoms with Gasteiger partial charge >= 0.3 is 37.9 Å². The van der Waals surface area contributed by atoms with Crippen molar-refractivity contribution in [3.05, 3.63) is 83.9 Å². The van der Waals surface area contributed by atoms with E-state index < -0.39 is 20.8 Å². The van der Waals surface area contributed by atoms with Gasteiger partial charge in [0.25, 0.3) is 0 Å². The first-order valence-corrected chi connectivity index (χ1v) is 13.4. The molecule has 0 saturated heterocycles. The fourth-order valence-electron chi connectivity index (χ4n) is 2.87. The number of benzene rings is 2. The molecule has 0 saturated carbocycles. The molecule has 4 aromatic rings. The Kier molecular flexibility index (Phi) is 5.52. The summed E-state index contributed by atoms with van der Waals surface area (Å²) in [5, 5.41) is 5.37. The van der Waals surface area contributed by atoms with Crippen LogP contribution >= 0.6 is 17.0 Å². The van der Waals surface area contributed by atoms with Gasteiger partial charge in [-0.1, -0.05) is 12.1 Å². The fourth-order valence-corrected chi connectivity index (χ4v) is 2.87. The van der Waals surface area contributed by atoms with E-state index in [2.05, 4.69) is 72.8 Å². The first-order chi connectivity index (χ1) is 10.8. The maximum atomic E-state index is 4.93. The van der Waals surface area contributed by atoms with Crippen LogP contribution in [0.1, 0.15) is 11.1 Å². The SMILES string of the molecule is [Cl][Zr+2][Cl].c1ccc2[cH-]c(Cc3cc4ccccc4[cH-]3)cc2c1. The maximum Gasteiger partial charge on any atom is -0.0383 e. The number of rotatable bonds is 2. The molecule has 4 rings (SSSR count). The molecule has 3 heteroatoms. The van der Waals surface area contributed by atoms with E-state index in [4.69, 9.17) is 17.0 Å². The molecule has 0 aliphatic heterocycles. The van der Waals surface area contributed by atoms with E-state index in [1.54, 1.807) is 0 Å². The van der Waals surface area contributed by atoms with E-state index in [-0.39, 0.29) is 0 Å². The molecule has 0 amide bonds. The van der Waals surface area contributed by atoms with E-state index in [9.17, 15) is 0 Å². The Morgan fingerprint density at radius 1 is 0.727 bits per heavy atom. The molecule has 0 fully saturated rings. The van der Waals surface area contributed by atoms with E-state index in [0.29, 0.717) is 0 Å². The van der Waals surface area contributed by atoms with Crippen molar-refractivity contribution in [1.29, 1.82) is 0 Å². The van der Waals surface area contributed by atoms with Crippen molar-refractivity contribution in [3.8, 4) is 0 Å². The van der Waals surface area contributed by atoms with Gasteiger partial charge in [-0.25, -0.2) is 0 Å². The second-order valence-electron chi connectivity index (χ2n) is 5.23. The molecule has 108 valence electrons. The van der Waals surface area contributed by atoms with Gasteiger partial charge in [0.15, 0.2) is 0 Å². The van der Waals surface area contributed by atoms with Crippen LogP contribution in [0.5, 0.6) is 0 Å². The average molecular weight is 404 g/mol. The first-order valence-electron chi connectivity index (χ1n) is 7.05. The van der Waals surface area contributed by atoms with Gasteiger partial charge in [0.05, 0.1) is 0 Å².